The molecule has 0 aliphatic rings. The monoisotopic (exact) mass is 423 g/mol. The van der Waals surface area contributed by atoms with Gasteiger partial charge in [-0.15, -0.1) is 5.10 Å². The molecule has 0 aliphatic heterocycles. The Kier molecular flexibility index (Phi) is 6.15. The molecule has 0 fully saturated rings. The number of benzene rings is 2. The van der Waals surface area contributed by atoms with E-state index in [1.54, 1.807) is 18.2 Å². The minimum atomic E-state index is -0.344. The smallest absolute Gasteiger partial charge is 0.287 e. The molecule has 0 radical (unpaired) electrons. The number of aromatic nitrogens is 2. The third-order valence-corrected chi connectivity index (χ3v) is 4.17. The van der Waals surface area contributed by atoms with Crippen molar-refractivity contribution in [2.45, 2.75) is 20.1 Å². The van der Waals surface area contributed by atoms with Gasteiger partial charge in [0, 0.05) is 15.7 Å². The molecule has 2 aromatic carbocycles. The topological polar surface area (TPSA) is 69.3 Å². The summed E-state index contributed by atoms with van der Waals surface area (Å²) in [6.07, 6.45) is 0. The van der Waals surface area contributed by atoms with Crippen molar-refractivity contribution >= 4 is 47.0 Å². The van der Waals surface area contributed by atoms with E-state index in [0.29, 0.717) is 21.5 Å². The molecule has 0 spiro atoms. The van der Waals surface area contributed by atoms with Gasteiger partial charge in [-0.05, 0) is 55.0 Å². The zero-order valence-electron chi connectivity index (χ0n) is 14.2. The minimum Gasteiger partial charge on any atom is -0.484 e. The van der Waals surface area contributed by atoms with Crippen molar-refractivity contribution in [3.05, 3.63) is 68.8 Å². The van der Waals surface area contributed by atoms with Crippen LogP contribution in [0.1, 0.15) is 11.5 Å². The van der Waals surface area contributed by atoms with E-state index in [2.05, 4.69) is 10.4 Å². The molecule has 1 heterocycles. The number of hydrogen-bond donors (Lipinski definition) is 1. The second kappa shape index (κ2) is 8.56. The highest BCUT2D eigenvalue weighted by Gasteiger charge is 2.11. The van der Waals surface area contributed by atoms with Crippen molar-refractivity contribution < 1.29 is 13.9 Å². The number of nitrogens with one attached hydrogen (secondary N) is 1. The number of rotatable bonds is 6. The van der Waals surface area contributed by atoms with E-state index in [4.69, 9.17) is 44.6 Å². The highest BCUT2D eigenvalue weighted by Crippen LogP contribution is 2.22. The van der Waals surface area contributed by atoms with Gasteiger partial charge in [-0.3, -0.25) is 4.79 Å². The molecule has 0 unspecified atom stereocenters. The number of anilines is 1. The van der Waals surface area contributed by atoms with Crippen molar-refractivity contribution in [1.29, 1.82) is 0 Å². The third kappa shape index (κ3) is 5.56. The van der Waals surface area contributed by atoms with Gasteiger partial charge < -0.3 is 14.5 Å². The second-order valence-corrected chi connectivity index (χ2v) is 6.95. The van der Waals surface area contributed by atoms with Gasteiger partial charge in [0.15, 0.2) is 6.61 Å². The van der Waals surface area contributed by atoms with Crippen LogP contribution in [0.5, 0.6) is 5.75 Å². The first-order valence-corrected chi connectivity index (χ1v) is 9.08. The molecular weight excluding hydrogens is 409 g/mol. The van der Waals surface area contributed by atoms with Crippen LogP contribution in [-0.4, -0.2) is 15.7 Å². The number of hydrogen-bond acceptors (Lipinski definition) is 5. The molecule has 6 nitrogen and oxygen atoms in total. The fourth-order valence-electron chi connectivity index (χ4n) is 2.32. The summed E-state index contributed by atoms with van der Waals surface area (Å²) >= 11 is 16.9. The predicted molar refractivity (Wildman–Crippen MR) is 106 cm³/mol. The van der Waals surface area contributed by atoms with E-state index < -0.39 is 0 Å². The molecule has 9 heteroatoms. The Hall–Kier alpha value is -2.35. The number of amides is 1. The Balaban J connectivity index is 1.62. The Morgan fingerprint density at radius 2 is 2.00 bits per heavy atom. The van der Waals surface area contributed by atoms with E-state index in [-0.39, 0.29) is 29.8 Å². The van der Waals surface area contributed by atoms with Crippen LogP contribution in [0, 0.1) is 11.8 Å². The van der Waals surface area contributed by atoms with Crippen LogP contribution < -0.4 is 10.1 Å². The SMILES string of the molecule is Cc1cccc(OCc2nn(CC(=O)Nc3cc(Cl)cc(Cl)c3)c(=S)o2)c1. The van der Waals surface area contributed by atoms with Gasteiger partial charge in [0.05, 0.1) is 0 Å². The molecule has 1 aromatic heterocycles. The molecule has 1 amide bonds. The first kappa shape index (κ1) is 19.4. The maximum Gasteiger partial charge on any atom is 0.287 e. The van der Waals surface area contributed by atoms with Crippen LogP contribution in [0.25, 0.3) is 0 Å². The van der Waals surface area contributed by atoms with Gasteiger partial charge >= 0.3 is 0 Å². The van der Waals surface area contributed by atoms with E-state index in [0.717, 1.165) is 5.56 Å². The second-order valence-electron chi connectivity index (χ2n) is 5.73. The fourth-order valence-corrected chi connectivity index (χ4v) is 3.05. The Labute approximate surface area is 170 Å². The van der Waals surface area contributed by atoms with Gasteiger partial charge in [0.1, 0.15) is 12.3 Å². The zero-order chi connectivity index (χ0) is 19.4. The maximum absolute atomic E-state index is 12.2. The van der Waals surface area contributed by atoms with Gasteiger partial charge in [-0.25, -0.2) is 4.68 Å². The molecule has 1 N–H and O–H groups in total. The zero-order valence-corrected chi connectivity index (χ0v) is 16.6. The predicted octanol–water partition coefficient (Wildman–Crippen LogP) is 5.04. The molecule has 0 atom stereocenters. The highest BCUT2D eigenvalue weighted by atomic mass is 35.5. The Bertz CT molecular complexity index is 1010. The molecule has 0 saturated carbocycles. The number of aryl methyl sites for hydroxylation is 1. The van der Waals surface area contributed by atoms with Crippen molar-refractivity contribution in [3.8, 4) is 5.75 Å². The van der Waals surface area contributed by atoms with Crippen molar-refractivity contribution in [1.82, 2.24) is 9.78 Å². The lowest BCUT2D eigenvalue weighted by atomic mass is 10.2. The summed E-state index contributed by atoms with van der Waals surface area (Å²) in [5.74, 6) is 0.630. The summed E-state index contributed by atoms with van der Waals surface area (Å²) in [6.45, 7) is 1.96. The minimum absolute atomic E-state index is 0.0807. The Morgan fingerprint density at radius 3 is 2.70 bits per heavy atom. The summed E-state index contributed by atoms with van der Waals surface area (Å²) in [6, 6.07) is 12.4. The van der Waals surface area contributed by atoms with Crippen LogP contribution >= 0.6 is 35.4 Å². The first-order valence-electron chi connectivity index (χ1n) is 7.91. The van der Waals surface area contributed by atoms with Crippen LogP contribution in [0.4, 0.5) is 5.69 Å². The largest absolute Gasteiger partial charge is 0.484 e. The third-order valence-electron chi connectivity index (χ3n) is 3.44. The van der Waals surface area contributed by atoms with E-state index in [1.807, 2.05) is 31.2 Å². The first-order chi connectivity index (χ1) is 12.9. The van der Waals surface area contributed by atoms with Gasteiger partial charge in [0.25, 0.3) is 10.7 Å². The number of ether oxygens (including phenoxy) is 1. The van der Waals surface area contributed by atoms with Crippen LogP contribution in [0.3, 0.4) is 0 Å². The molecule has 0 bridgehead atoms. The van der Waals surface area contributed by atoms with Gasteiger partial charge in [-0.2, -0.15) is 0 Å². The lowest BCUT2D eigenvalue weighted by molar-refractivity contribution is -0.117. The molecule has 140 valence electrons. The maximum atomic E-state index is 12.2. The number of nitrogens with zero attached hydrogens (tertiary/aromatic N) is 2. The van der Waals surface area contributed by atoms with Crippen molar-refractivity contribution in [3.63, 3.8) is 0 Å². The average molecular weight is 424 g/mol. The molecule has 3 rings (SSSR count). The van der Waals surface area contributed by atoms with Crippen LogP contribution in [0.2, 0.25) is 10.0 Å². The van der Waals surface area contributed by atoms with Gasteiger partial charge in [-0.1, -0.05) is 35.3 Å². The molecule has 0 saturated heterocycles. The van der Waals surface area contributed by atoms with Crippen molar-refractivity contribution in [2.75, 3.05) is 5.32 Å². The van der Waals surface area contributed by atoms with Gasteiger partial charge in [0.2, 0.25) is 5.91 Å². The summed E-state index contributed by atoms with van der Waals surface area (Å²) in [4.78, 5) is 12.3. The average Bonchev–Trinajstić information content (AvgIpc) is 2.91. The van der Waals surface area contributed by atoms with Crippen LogP contribution in [-0.2, 0) is 17.9 Å². The number of carbonyl (C=O) groups excluding carboxylic acids is 1. The fraction of sp³-hybridized carbons (Fsp3) is 0.167. The van der Waals surface area contributed by atoms with E-state index >= 15 is 0 Å². The Morgan fingerprint density at radius 1 is 1.26 bits per heavy atom. The molecule has 0 aliphatic carbocycles. The highest BCUT2D eigenvalue weighted by molar-refractivity contribution is 7.71. The number of halogens is 2. The quantitative estimate of drug-likeness (QED) is 0.562. The van der Waals surface area contributed by atoms with E-state index in [9.17, 15) is 4.79 Å². The summed E-state index contributed by atoms with van der Waals surface area (Å²) in [5, 5.41) is 7.70. The number of carbonyl (C=O) groups is 1. The molecular formula is C18H15Cl2N3O3S. The molecule has 3 aromatic rings. The summed E-state index contributed by atoms with van der Waals surface area (Å²) in [7, 11) is 0. The van der Waals surface area contributed by atoms with Crippen molar-refractivity contribution in [2.24, 2.45) is 0 Å². The lowest BCUT2D eigenvalue weighted by Gasteiger charge is -2.06. The summed E-state index contributed by atoms with van der Waals surface area (Å²) < 4.78 is 12.3. The standard InChI is InChI=1S/C18H15Cl2N3O3S/c1-11-3-2-4-15(5-11)25-10-17-22-23(18(27)26-17)9-16(24)21-14-7-12(19)6-13(20)8-14/h2-8H,9-10H2,1H3,(H,21,24). The van der Waals surface area contributed by atoms with E-state index in [1.165, 1.54) is 4.68 Å². The lowest BCUT2D eigenvalue weighted by Crippen LogP contribution is -2.19. The van der Waals surface area contributed by atoms with Crippen LogP contribution in [0.15, 0.2) is 46.9 Å². The normalized spacial score (nSPS) is 10.6. The molecule has 27 heavy (non-hydrogen) atoms. The summed E-state index contributed by atoms with van der Waals surface area (Å²) in [5.41, 5.74) is 1.56.